The van der Waals surface area contributed by atoms with Gasteiger partial charge in [0.2, 0.25) is 0 Å². The molecule has 0 aliphatic heterocycles. The zero-order chi connectivity index (χ0) is 16.8. The third-order valence-electron chi connectivity index (χ3n) is 3.56. The number of halogens is 1. The molecule has 3 rings (SSSR count). The average Bonchev–Trinajstić information content (AvgIpc) is 2.63. The molecule has 0 saturated heterocycles. The van der Waals surface area contributed by atoms with E-state index in [0.29, 0.717) is 23.5 Å². The Morgan fingerprint density at radius 3 is 2.29 bits per heavy atom. The molecule has 0 aliphatic carbocycles. The van der Waals surface area contributed by atoms with Gasteiger partial charge in [0.15, 0.2) is 5.82 Å². The Balaban J connectivity index is 1.58. The van der Waals surface area contributed by atoms with E-state index in [1.165, 1.54) is 30.1 Å². The molecule has 0 aliphatic rings. The van der Waals surface area contributed by atoms with E-state index in [0.717, 1.165) is 6.42 Å². The highest BCUT2D eigenvalue weighted by atomic mass is 19.1. The number of nitrogens with zero attached hydrogens (tertiary/aromatic N) is 2. The van der Waals surface area contributed by atoms with Crippen molar-refractivity contribution in [3.05, 3.63) is 83.9 Å². The van der Waals surface area contributed by atoms with Crippen LogP contribution in [0.4, 0.5) is 4.39 Å². The van der Waals surface area contributed by atoms with Crippen molar-refractivity contribution < 1.29 is 9.18 Å². The zero-order valence-corrected chi connectivity index (χ0v) is 12.9. The van der Waals surface area contributed by atoms with Gasteiger partial charge >= 0.3 is 0 Å². The van der Waals surface area contributed by atoms with Gasteiger partial charge in [-0.2, -0.15) is 0 Å². The van der Waals surface area contributed by atoms with Gasteiger partial charge in [0.05, 0.1) is 5.56 Å². The molecule has 0 atom stereocenters. The van der Waals surface area contributed by atoms with Crippen molar-refractivity contribution in [3.63, 3.8) is 0 Å². The van der Waals surface area contributed by atoms with E-state index < -0.39 is 0 Å². The van der Waals surface area contributed by atoms with E-state index >= 15 is 0 Å². The number of hydrogen-bond donors (Lipinski definition) is 1. The topological polar surface area (TPSA) is 54.9 Å². The first-order chi connectivity index (χ1) is 11.7. The summed E-state index contributed by atoms with van der Waals surface area (Å²) in [4.78, 5) is 20.4. The number of carbonyl (C=O) groups excluding carboxylic acids is 1. The largest absolute Gasteiger partial charge is 0.352 e. The van der Waals surface area contributed by atoms with Crippen LogP contribution in [0.15, 0.2) is 67.0 Å². The fourth-order valence-electron chi connectivity index (χ4n) is 2.26. The molecule has 1 amide bonds. The first kappa shape index (κ1) is 15.8. The van der Waals surface area contributed by atoms with Crippen LogP contribution in [0, 0.1) is 5.82 Å². The molecule has 120 valence electrons. The van der Waals surface area contributed by atoms with Gasteiger partial charge in [-0.05, 0) is 36.2 Å². The lowest BCUT2D eigenvalue weighted by Gasteiger charge is -2.06. The van der Waals surface area contributed by atoms with Gasteiger partial charge < -0.3 is 5.32 Å². The standard InChI is InChI=1S/C19H16FN3O/c20-17-8-6-15(7-9-17)18-22-12-16(13-23-18)19(24)21-11-10-14-4-2-1-3-5-14/h1-9,12-13H,10-11H2,(H,21,24). The summed E-state index contributed by atoms with van der Waals surface area (Å²) in [6.07, 6.45) is 3.72. The van der Waals surface area contributed by atoms with Gasteiger partial charge in [0.1, 0.15) is 5.82 Å². The van der Waals surface area contributed by atoms with Crippen LogP contribution in [0.1, 0.15) is 15.9 Å². The quantitative estimate of drug-likeness (QED) is 0.785. The molecule has 0 radical (unpaired) electrons. The Morgan fingerprint density at radius 2 is 1.62 bits per heavy atom. The minimum Gasteiger partial charge on any atom is -0.352 e. The van der Waals surface area contributed by atoms with E-state index in [4.69, 9.17) is 0 Å². The molecule has 4 nitrogen and oxygen atoms in total. The van der Waals surface area contributed by atoms with Gasteiger partial charge in [-0.15, -0.1) is 0 Å². The van der Waals surface area contributed by atoms with Crippen LogP contribution in [0.2, 0.25) is 0 Å². The maximum Gasteiger partial charge on any atom is 0.254 e. The summed E-state index contributed by atoms with van der Waals surface area (Å²) in [5.41, 5.74) is 2.27. The van der Waals surface area contributed by atoms with E-state index in [1.807, 2.05) is 30.3 Å². The lowest BCUT2D eigenvalue weighted by molar-refractivity contribution is 0.0953. The van der Waals surface area contributed by atoms with Gasteiger partial charge in [-0.25, -0.2) is 14.4 Å². The molecular weight excluding hydrogens is 305 g/mol. The van der Waals surface area contributed by atoms with Crippen LogP contribution in [0.25, 0.3) is 11.4 Å². The van der Waals surface area contributed by atoms with Crippen molar-refractivity contribution in [2.24, 2.45) is 0 Å². The van der Waals surface area contributed by atoms with E-state index in [-0.39, 0.29) is 11.7 Å². The Labute approximate surface area is 139 Å². The normalized spacial score (nSPS) is 10.4. The summed E-state index contributed by atoms with van der Waals surface area (Å²) in [6, 6.07) is 15.8. The molecule has 0 spiro atoms. The molecule has 3 aromatic rings. The van der Waals surface area contributed by atoms with Crippen molar-refractivity contribution in [2.45, 2.75) is 6.42 Å². The van der Waals surface area contributed by atoms with E-state index in [9.17, 15) is 9.18 Å². The number of hydrogen-bond acceptors (Lipinski definition) is 3. The second-order valence-electron chi connectivity index (χ2n) is 5.29. The molecule has 2 aromatic carbocycles. The highest BCUT2D eigenvalue weighted by Crippen LogP contribution is 2.14. The van der Waals surface area contributed by atoms with Crippen molar-refractivity contribution in [3.8, 4) is 11.4 Å². The van der Waals surface area contributed by atoms with Crippen LogP contribution in [0.3, 0.4) is 0 Å². The third kappa shape index (κ3) is 4.01. The second-order valence-corrected chi connectivity index (χ2v) is 5.29. The summed E-state index contributed by atoms with van der Waals surface area (Å²) in [5, 5.41) is 2.85. The Morgan fingerprint density at radius 1 is 0.958 bits per heavy atom. The smallest absolute Gasteiger partial charge is 0.254 e. The highest BCUT2D eigenvalue weighted by molar-refractivity contribution is 5.93. The molecular formula is C19H16FN3O. The number of amides is 1. The summed E-state index contributed by atoms with van der Waals surface area (Å²) >= 11 is 0. The van der Waals surface area contributed by atoms with Gasteiger partial charge in [-0.3, -0.25) is 4.79 Å². The summed E-state index contributed by atoms with van der Waals surface area (Å²) in [6.45, 7) is 0.544. The Hall–Kier alpha value is -3.08. The predicted octanol–water partition coefficient (Wildman–Crippen LogP) is 3.26. The van der Waals surface area contributed by atoms with Crippen LogP contribution < -0.4 is 5.32 Å². The highest BCUT2D eigenvalue weighted by Gasteiger charge is 2.08. The lowest BCUT2D eigenvalue weighted by atomic mass is 10.1. The average molecular weight is 321 g/mol. The lowest BCUT2D eigenvalue weighted by Crippen LogP contribution is -2.26. The predicted molar refractivity (Wildman–Crippen MR) is 89.9 cm³/mol. The molecule has 0 unspecified atom stereocenters. The molecule has 1 aromatic heterocycles. The monoisotopic (exact) mass is 321 g/mol. The summed E-state index contributed by atoms with van der Waals surface area (Å²) in [7, 11) is 0. The maximum atomic E-state index is 12.9. The molecule has 0 saturated carbocycles. The molecule has 1 heterocycles. The van der Waals surface area contributed by atoms with Gasteiger partial charge in [0.25, 0.3) is 5.91 Å². The first-order valence-corrected chi connectivity index (χ1v) is 7.62. The van der Waals surface area contributed by atoms with Crippen molar-refractivity contribution in [2.75, 3.05) is 6.54 Å². The fourth-order valence-corrected chi connectivity index (χ4v) is 2.26. The molecule has 5 heteroatoms. The second kappa shape index (κ2) is 7.46. The molecule has 24 heavy (non-hydrogen) atoms. The summed E-state index contributed by atoms with van der Waals surface area (Å²) in [5.74, 6) is -0.0689. The third-order valence-corrected chi connectivity index (χ3v) is 3.56. The molecule has 0 fully saturated rings. The van der Waals surface area contributed by atoms with Crippen LogP contribution in [0.5, 0.6) is 0 Å². The minimum atomic E-state index is -0.312. The Bertz CT molecular complexity index is 802. The number of aromatic nitrogens is 2. The van der Waals surface area contributed by atoms with E-state index in [1.54, 1.807) is 12.1 Å². The number of benzene rings is 2. The van der Waals surface area contributed by atoms with Crippen molar-refractivity contribution in [1.29, 1.82) is 0 Å². The van der Waals surface area contributed by atoms with Gasteiger partial charge in [0, 0.05) is 24.5 Å². The molecule has 0 bridgehead atoms. The Kier molecular flexibility index (Phi) is 4.91. The van der Waals surface area contributed by atoms with Crippen LogP contribution in [-0.4, -0.2) is 22.4 Å². The number of carbonyl (C=O) groups is 1. The van der Waals surface area contributed by atoms with Crippen LogP contribution in [-0.2, 0) is 6.42 Å². The van der Waals surface area contributed by atoms with Crippen molar-refractivity contribution in [1.82, 2.24) is 15.3 Å². The van der Waals surface area contributed by atoms with E-state index in [2.05, 4.69) is 15.3 Å². The SMILES string of the molecule is O=C(NCCc1ccccc1)c1cnc(-c2ccc(F)cc2)nc1. The maximum absolute atomic E-state index is 12.9. The summed E-state index contributed by atoms with van der Waals surface area (Å²) < 4.78 is 12.9. The number of rotatable bonds is 5. The molecule has 1 N–H and O–H groups in total. The van der Waals surface area contributed by atoms with Gasteiger partial charge in [-0.1, -0.05) is 30.3 Å². The zero-order valence-electron chi connectivity index (χ0n) is 12.9. The number of nitrogens with one attached hydrogen (secondary N) is 1. The van der Waals surface area contributed by atoms with Crippen LogP contribution >= 0.6 is 0 Å². The minimum absolute atomic E-state index is 0.211. The van der Waals surface area contributed by atoms with Crippen molar-refractivity contribution >= 4 is 5.91 Å². The fraction of sp³-hybridized carbons (Fsp3) is 0.105. The first-order valence-electron chi connectivity index (χ1n) is 7.62.